The summed E-state index contributed by atoms with van der Waals surface area (Å²) in [5.41, 5.74) is 0.796. The van der Waals surface area contributed by atoms with Crippen LogP contribution in [0.25, 0.3) is 0 Å². The molecule has 0 aliphatic carbocycles. The van der Waals surface area contributed by atoms with Gasteiger partial charge in [-0.3, -0.25) is 4.79 Å². The number of rotatable bonds is 4. The highest BCUT2D eigenvalue weighted by Gasteiger charge is 2.08. The maximum absolute atomic E-state index is 11.6. The lowest BCUT2D eigenvalue weighted by atomic mass is 10.1. The Morgan fingerprint density at radius 1 is 1.38 bits per heavy atom. The van der Waals surface area contributed by atoms with Crippen LogP contribution in [-0.4, -0.2) is 18.9 Å². The average molecular weight is 177 g/mol. The Balaban J connectivity index is 2.59. The summed E-state index contributed by atoms with van der Waals surface area (Å²) in [6.07, 6.45) is 0.556. The number of hydrogen-bond donors (Lipinski definition) is 1. The number of ketones is 1. The van der Waals surface area contributed by atoms with Crippen molar-refractivity contribution in [3.05, 3.63) is 35.9 Å². The number of hydrogen-bond acceptors (Lipinski definition) is 2. The molecule has 1 atom stereocenters. The molecule has 0 amide bonds. The maximum Gasteiger partial charge on any atom is 0.164 e. The van der Waals surface area contributed by atoms with E-state index in [0.29, 0.717) is 6.42 Å². The van der Waals surface area contributed by atoms with E-state index in [9.17, 15) is 4.79 Å². The molecule has 0 saturated carbocycles. The van der Waals surface area contributed by atoms with Gasteiger partial charge in [-0.2, -0.15) is 0 Å². The van der Waals surface area contributed by atoms with E-state index in [2.05, 4.69) is 5.32 Å². The molecule has 0 bridgehead atoms. The van der Waals surface area contributed by atoms with Crippen LogP contribution >= 0.6 is 0 Å². The second-order valence-electron chi connectivity index (χ2n) is 3.18. The maximum atomic E-state index is 11.6. The molecule has 0 aliphatic heterocycles. The van der Waals surface area contributed by atoms with Crippen molar-refractivity contribution in [3.8, 4) is 0 Å². The van der Waals surface area contributed by atoms with Crippen molar-refractivity contribution in [2.45, 2.75) is 19.4 Å². The first-order chi connectivity index (χ1) is 6.24. The summed E-state index contributed by atoms with van der Waals surface area (Å²) in [5, 5.41) is 3.04. The Bertz CT molecular complexity index is 269. The highest BCUT2D eigenvalue weighted by atomic mass is 16.1. The Hall–Kier alpha value is -1.15. The lowest BCUT2D eigenvalue weighted by Gasteiger charge is -2.08. The van der Waals surface area contributed by atoms with E-state index in [1.807, 2.05) is 44.3 Å². The zero-order chi connectivity index (χ0) is 9.68. The molecule has 1 rings (SSSR count). The van der Waals surface area contributed by atoms with Gasteiger partial charge < -0.3 is 5.32 Å². The molecule has 0 saturated heterocycles. The van der Waals surface area contributed by atoms with Crippen LogP contribution in [0, 0.1) is 0 Å². The van der Waals surface area contributed by atoms with Gasteiger partial charge in [0, 0.05) is 18.0 Å². The molecule has 0 heterocycles. The molecular weight excluding hydrogens is 162 g/mol. The monoisotopic (exact) mass is 177 g/mol. The first-order valence-electron chi connectivity index (χ1n) is 4.49. The third-order valence-corrected chi connectivity index (χ3v) is 2.08. The molecule has 0 aliphatic rings. The van der Waals surface area contributed by atoms with Gasteiger partial charge in [0.1, 0.15) is 0 Å². The largest absolute Gasteiger partial charge is 0.317 e. The summed E-state index contributed by atoms with van der Waals surface area (Å²) in [6.45, 7) is 2.00. The van der Waals surface area contributed by atoms with Crippen molar-refractivity contribution in [2.24, 2.45) is 0 Å². The fourth-order valence-corrected chi connectivity index (χ4v) is 1.12. The fraction of sp³-hybridized carbons (Fsp3) is 0.364. The zero-order valence-corrected chi connectivity index (χ0v) is 8.08. The van der Waals surface area contributed by atoms with Crippen molar-refractivity contribution < 1.29 is 4.79 Å². The molecule has 70 valence electrons. The van der Waals surface area contributed by atoms with E-state index in [1.54, 1.807) is 0 Å². The summed E-state index contributed by atoms with van der Waals surface area (Å²) in [6, 6.07) is 9.63. The molecule has 0 aromatic heterocycles. The quantitative estimate of drug-likeness (QED) is 0.711. The van der Waals surface area contributed by atoms with Crippen LogP contribution in [-0.2, 0) is 0 Å². The van der Waals surface area contributed by atoms with Crippen molar-refractivity contribution in [1.82, 2.24) is 5.32 Å². The summed E-state index contributed by atoms with van der Waals surface area (Å²) < 4.78 is 0. The number of Topliss-reactive ketones (excluding diaryl/α,β-unsaturated/α-hetero) is 1. The van der Waals surface area contributed by atoms with Crippen LogP contribution in [0.4, 0.5) is 0 Å². The van der Waals surface area contributed by atoms with Crippen molar-refractivity contribution >= 4 is 5.78 Å². The van der Waals surface area contributed by atoms with Crippen LogP contribution in [0.5, 0.6) is 0 Å². The van der Waals surface area contributed by atoms with Gasteiger partial charge >= 0.3 is 0 Å². The van der Waals surface area contributed by atoms with Crippen LogP contribution in [0.15, 0.2) is 30.3 Å². The van der Waals surface area contributed by atoms with Gasteiger partial charge in [0.25, 0.3) is 0 Å². The van der Waals surface area contributed by atoms with E-state index < -0.39 is 0 Å². The van der Waals surface area contributed by atoms with Gasteiger partial charge in [-0.1, -0.05) is 30.3 Å². The van der Waals surface area contributed by atoms with Gasteiger partial charge in [-0.05, 0) is 14.0 Å². The highest BCUT2D eigenvalue weighted by Crippen LogP contribution is 2.04. The molecule has 0 spiro atoms. The molecule has 1 unspecified atom stereocenters. The van der Waals surface area contributed by atoms with Crippen molar-refractivity contribution in [1.29, 1.82) is 0 Å². The predicted octanol–water partition coefficient (Wildman–Crippen LogP) is 1.87. The minimum absolute atomic E-state index is 0.197. The minimum atomic E-state index is 0.197. The molecule has 0 fully saturated rings. The Morgan fingerprint density at radius 3 is 2.54 bits per heavy atom. The van der Waals surface area contributed by atoms with Gasteiger partial charge in [0.15, 0.2) is 5.78 Å². The fourth-order valence-electron chi connectivity index (χ4n) is 1.12. The highest BCUT2D eigenvalue weighted by molar-refractivity contribution is 5.96. The first kappa shape index (κ1) is 9.93. The first-order valence-corrected chi connectivity index (χ1v) is 4.49. The van der Waals surface area contributed by atoms with Crippen LogP contribution in [0.1, 0.15) is 23.7 Å². The molecule has 1 aromatic rings. The van der Waals surface area contributed by atoms with E-state index in [0.717, 1.165) is 5.56 Å². The van der Waals surface area contributed by atoms with Crippen LogP contribution in [0.2, 0.25) is 0 Å². The molecule has 2 heteroatoms. The van der Waals surface area contributed by atoms with Crippen LogP contribution < -0.4 is 5.32 Å². The van der Waals surface area contributed by atoms with E-state index in [1.165, 1.54) is 0 Å². The Kier molecular flexibility index (Phi) is 3.65. The minimum Gasteiger partial charge on any atom is -0.317 e. The Morgan fingerprint density at radius 2 is 2.00 bits per heavy atom. The molecule has 0 radical (unpaired) electrons. The lowest BCUT2D eigenvalue weighted by Crippen LogP contribution is -2.24. The molecule has 13 heavy (non-hydrogen) atoms. The SMILES string of the molecule is CNC(C)CC(=O)c1ccccc1. The number of benzene rings is 1. The third kappa shape index (κ3) is 2.99. The van der Waals surface area contributed by atoms with E-state index in [4.69, 9.17) is 0 Å². The standard InChI is InChI=1S/C11H15NO/c1-9(12-2)8-11(13)10-6-4-3-5-7-10/h3-7,9,12H,8H2,1-2H3. The Labute approximate surface area is 79.0 Å². The summed E-state index contributed by atoms with van der Waals surface area (Å²) >= 11 is 0. The third-order valence-electron chi connectivity index (χ3n) is 2.08. The summed E-state index contributed by atoms with van der Waals surface area (Å²) in [7, 11) is 1.86. The second kappa shape index (κ2) is 4.77. The summed E-state index contributed by atoms with van der Waals surface area (Å²) in [5.74, 6) is 0.197. The molecule has 1 N–H and O–H groups in total. The van der Waals surface area contributed by atoms with E-state index in [-0.39, 0.29) is 11.8 Å². The van der Waals surface area contributed by atoms with Gasteiger partial charge in [0.2, 0.25) is 0 Å². The zero-order valence-electron chi connectivity index (χ0n) is 8.08. The van der Waals surface area contributed by atoms with Crippen molar-refractivity contribution in [2.75, 3.05) is 7.05 Å². The number of nitrogens with one attached hydrogen (secondary N) is 1. The normalized spacial score (nSPS) is 12.5. The van der Waals surface area contributed by atoms with Gasteiger partial charge in [0.05, 0.1) is 0 Å². The number of carbonyl (C=O) groups excluding carboxylic acids is 1. The van der Waals surface area contributed by atoms with E-state index >= 15 is 0 Å². The lowest BCUT2D eigenvalue weighted by molar-refractivity contribution is 0.0972. The van der Waals surface area contributed by atoms with Gasteiger partial charge in [-0.25, -0.2) is 0 Å². The summed E-state index contributed by atoms with van der Waals surface area (Å²) in [4.78, 5) is 11.6. The topological polar surface area (TPSA) is 29.1 Å². The van der Waals surface area contributed by atoms with Crippen LogP contribution in [0.3, 0.4) is 0 Å². The second-order valence-corrected chi connectivity index (χ2v) is 3.18. The number of carbonyl (C=O) groups is 1. The smallest absolute Gasteiger partial charge is 0.164 e. The molecule has 1 aromatic carbocycles. The van der Waals surface area contributed by atoms with Gasteiger partial charge in [-0.15, -0.1) is 0 Å². The predicted molar refractivity (Wildman–Crippen MR) is 53.9 cm³/mol. The molecular formula is C11H15NO. The average Bonchev–Trinajstić information content (AvgIpc) is 2.19. The molecule has 2 nitrogen and oxygen atoms in total. The van der Waals surface area contributed by atoms with Crippen molar-refractivity contribution in [3.63, 3.8) is 0 Å².